The second-order valence-electron chi connectivity index (χ2n) is 27.8. The molecule has 0 saturated carbocycles. The van der Waals surface area contributed by atoms with Crippen LogP contribution in [-0.4, -0.2) is 140 Å². The molecule has 0 aromatic rings. The van der Waals surface area contributed by atoms with Crippen LogP contribution in [0, 0.1) is 0 Å². The molecule has 2 fully saturated rings. The molecule has 91 heavy (non-hydrogen) atoms. The number of aliphatic hydroxyl groups excluding tert-OH is 8. The third kappa shape index (κ3) is 45.6. The summed E-state index contributed by atoms with van der Waals surface area (Å²) in [6.45, 7) is 2.92. The van der Waals surface area contributed by atoms with E-state index in [-0.39, 0.29) is 12.5 Å². The molecule has 0 spiro atoms. The number of carbonyl (C=O) groups is 1. The van der Waals surface area contributed by atoms with Crippen LogP contribution in [-0.2, 0) is 23.7 Å². The Balaban J connectivity index is 1.62. The number of unbranched alkanes of at least 4 members (excludes halogenated alkanes) is 49. The van der Waals surface area contributed by atoms with Crippen molar-refractivity contribution in [1.29, 1.82) is 0 Å². The molecule has 0 aromatic heterocycles. The highest BCUT2D eigenvalue weighted by molar-refractivity contribution is 5.76. The number of hydrogen-bond donors (Lipinski definition) is 9. The molecule has 2 rings (SSSR count). The van der Waals surface area contributed by atoms with Crippen LogP contribution in [0.1, 0.15) is 367 Å². The van der Waals surface area contributed by atoms with Gasteiger partial charge in [0, 0.05) is 6.42 Å². The van der Waals surface area contributed by atoms with Gasteiger partial charge in [0.1, 0.15) is 48.8 Å². The van der Waals surface area contributed by atoms with Crippen molar-refractivity contribution in [2.75, 3.05) is 19.8 Å². The second kappa shape index (κ2) is 62.0. The first-order valence-corrected chi connectivity index (χ1v) is 39.1. The van der Waals surface area contributed by atoms with Crippen molar-refractivity contribution in [2.24, 2.45) is 0 Å². The van der Waals surface area contributed by atoms with E-state index < -0.39 is 86.8 Å². The van der Waals surface area contributed by atoms with Crippen LogP contribution in [0.2, 0.25) is 0 Å². The summed E-state index contributed by atoms with van der Waals surface area (Å²) in [5, 5.41) is 87.8. The highest BCUT2D eigenvalue weighted by Gasteiger charge is 2.51. The number of amides is 1. The molecular weight excluding hydrogens is 1150 g/mol. The van der Waals surface area contributed by atoms with E-state index in [4.69, 9.17) is 18.9 Å². The summed E-state index contributed by atoms with van der Waals surface area (Å²) in [6.07, 6.45) is 62.1. The zero-order chi connectivity index (χ0) is 65.9. The zero-order valence-electron chi connectivity index (χ0n) is 58.9. The van der Waals surface area contributed by atoms with E-state index in [0.29, 0.717) is 12.8 Å². The standard InChI is InChI=1S/C77H147NO13/c1-3-5-7-9-11-13-15-17-19-21-23-25-27-29-30-31-32-33-34-35-37-38-40-42-44-46-48-50-52-54-56-58-60-66(81)65(64-88-76-74(87)72(85)75(68(63-80)90-76)91-77-73(86)71(84)70(83)67(62-79)89-77)78-69(82)61-59-57-55-53-51-49-47-45-43-41-39-36-28-26-24-22-20-18-16-14-12-10-8-6-4-2/h16,18,22,24,65-68,70-77,79-81,83-87H,3-15,17,19-21,23,25-64H2,1-2H3,(H,78,82)/b18-16-,24-22-. The zero-order valence-corrected chi connectivity index (χ0v) is 58.9. The van der Waals surface area contributed by atoms with Gasteiger partial charge in [-0.15, -0.1) is 0 Å². The number of nitrogens with one attached hydrogen (secondary N) is 1. The first kappa shape index (κ1) is 85.6. The van der Waals surface area contributed by atoms with Crippen molar-refractivity contribution in [2.45, 2.75) is 441 Å². The molecule has 0 bridgehead atoms. The van der Waals surface area contributed by atoms with Crippen LogP contribution in [0.4, 0.5) is 0 Å². The summed E-state index contributed by atoms with van der Waals surface area (Å²) >= 11 is 0. The van der Waals surface area contributed by atoms with Gasteiger partial charge in [-0.25, -0.2) is 0 Å². The van der Waals surface area contributed by atoms with E-state index in [2.05, 4.69) is 43.5 Å². The SMILES string of the molecule is CCCCCCC/C=C\C/C=C\CCCCCCCCCCCCCCCC(=O)NC(COC1OC(CO)C(OC2OC(CO)C(O)C(O)C2O)C(O)C1O)C(O)CCCCCCCCCCCCCCCCCCCCCCCCCCCCCCCCCC. The van der Waals surface area contributed by atoms with E-state index in [1.54, 1.807) is 0 Å². The quantitative estimate of drug-likeness (QED) is 0.0204. The van der Waals surface area contributed by atoms with Crippen molar-refractivity contribution in [1.82, 2.24) is 5.32 Å². The topological polar surface area (TPSA) is 228 Å². The maximum atomic E-state index is 13.4. The smallest absolute Gasteiger partial charge is 0.220 e. The number of aliphatic hydroxyl groups is 8. The average molecular weight is 1300 g/mol. The number of ether oxygens (including phenoxy) is 4. The van der Waals surface area contributed by atoms with Gasteiger partial charge in [0.05, 0.1) is 32.0 Å². The summed E-state index contributed by atoms with van der Waals surface area (Å²) < 4.78 is 23.0. The van der Waals surface area contributed by atoms with E-state index in [0.717, 1.165) is 57.8 Å². The molecule has 1 amide bonds. The minimum atomic E-state index is -1.78. The molecule has 2 saturated heterocycles. The summed E-state index contributed by atoms with van der Waals surface area (Å²) in [7, 11) is 0. The number of rotatable bonds is 66. The number of carbonyl (C=O) groups excluding carboxylic acids is 1. The van der Waals surface area contributed by atoms with Gasteiger partial charge in [-0.2, -0.15) is 0 Å². The molecule has 2 aliphatic heterocycles. The van der Waals surface area contributed by atoms with Gasteiger partial charge in [0.2, 0.25) is 5.91 Å². The van der Waals surface area contributed by atoms with Crippen molar-refractivity contribution in [3.05, 3.63) is 24.3 Å². The molecule has 538 valence electrons. The van der Waals surface area contributed by atoms with Crippen LogP contribution < -0.4 is 5.32 Å². The Bertz CT molecular complexity index is 1620. The predicted molar refractivity (Wildman–Crippen MR) is 374 cm³/mol. The molecule has 14 heteroatoms. The molecule has 0 aliphatic carbocycles. The molecule has 9 N–H and O–H groups in total. The molecule has 0 radical (unpaired) electrons. The first-order valence-electron chi connectivity index (χ1n) is 39.1. The lowest BCUT2D eigenvalue weighted by molar-refractivity contribution is -0.359. The third-order valence-electron chi connectivity index (χ3n) is 19.4. The monoisotopic (exact) mass is 1290 g/mol. The molecule has 12 atom stereocenters. The van der Waals surface area contributed by atoms with Gasteiger partial charge < -0.3 is 65.1 Å². The van der Waals surface area contributed by atoms with Crippen molar-refractivity contribution in [3.8, 4) is 0 Å². The lowest BCUT2D eigenvalue weighted by Crippen LogP contribution is -2.65. The highest BCUT2D eigenvalue weighted by atomic mass is 16.7. The maximum absolute atomic E-state index is 13.4. The minimum Gasteiger partial charge on any atom is -0.394 e. The van der Waals surface area contributed by atoms with Gasteiger partial charge >= 0.3 is 0 Å². The van der Waals surface area contributed by atoms with Gasteiger partial charge in [0.15, 0.2) is 12.6 Å². The van der Waals surface area contributed by atoms with Gasteiger partial charge in [0.25, 0.3) is 0 Å². The Morgan fingerprint density at radius 3 is 1.10 bits per heavy atom. The summed E-state index contributed by atoms with van der Waals surface area (Å²) in [6, 6.07) is -0.830. The normalized spacial score (nSPS) is 22.8. The Kier molecular flexibility index (Phi) is 58.3. The lowest BCUT2D eigenvalue weighted by atomic mass is 9.97. The first-order chi connectivity index (χ1) is 44.6. The van der Waals surface area contributed by atoms with Crippen LogP contribution >= 0.6 is 0 Å². The molecule has 2 heterocycles. The Morgan fingerprint density at radius 2 is 0.725 bits per heavy atom. The van der Waals surface area contributed by atoms with Crippen LogP contribution in [0.25, 0.3) is 0 Å². The highest BCUT2D eigenvalue weighted by Crippen LogP contribution is 2.30. The Hall–Kier alpha value is -1.53. The van der Waals surface area contributed by atoms with Gasteiger partial charge in [-0.1, -0.05) is 340 Å². The molecule has 14 nitrogen and oxygen atoms in total. The van der Waals surface area contributed by atoms with Crippen molar-refractivity contribution >= 4 is 5.91 Å². The number of hydrogen-bond acceptors (Lipinski definition) is 13. The van der Waals surface area contributed by atoms with E-state index in [9.17, 15) is 45.6 Å². The maximum Gasteiger partial charge on any atom is 0.220 e. The molecular formula is C77H147NO13. The molecule has 0 aromatic carbocycles. The summed E-state index contributed by atoms with van der Waals surface area (Å²) in [5.74, 6) is -0.201. The fraction of sp³-hybridized carbons (Fsp3) is 0.935. The lowest BCUT2D eigenvalue weighted by Gasteiger charge is -2.46. The van der Waals surface area contributed by atoms with Gasteiger partial charge in [-0.3, -0.25) is 4.79 Å². The number of allylic oxidation sites excluding steroid dienone is 4. The van der Waals surface area contributed by atoms with Crippen LogP contribution in [0.5, 0.6) is 0 Å². The van der Waals surface area contributed by atoms with E-state index in [1.165, 1.54) is 283 Å². The minimum absolute atomic E-state index is 0.201. The molecule has 2 aliphatic rings. The van der Waals surface area contributed by atoms with Crippen molar-refractivity contribution in [3.63, 3.8) is 0 Å². The van der Waals surface area contributed by atoms with E-state index >= 15 is 0 Å². The molecule has 12 unspecified atom stereocenters. The Labute approximate surface area is 558 Å². The average Bonchev–Trinajstić information content (AvgIpc) is 1.15. The van der Waals surface area contributed by atoms with Crippen molar-refractivity contribution < 1.29 is 64.6 Å². The Morgan fingerprint density at radius 1 is 0.396 bits per heavy atom. The van der Waals surface area contributed by atoms with Crippen LogP contribution in [0.3, 0.4) is 0 Å². The van der Waals surface area contributed by atoms with E-state index in [1.807, 2.05) is 0 Å². The third-order valence-corrected chi connectivity index (χ3v) is 19.4. The fourth-order valence-electron chi connectivity index (χ4n) is 13.2. The second-order valence-corrected chi connectivity index (χ2v) is 27.8. The predicted octanol–water partition coefficient (Wildman–Crippen LogP) is 17.1. The fourth-order valence-corrected chi connectivity index (χ4v) is 13.2. The van der Waals surface area contributed by atoms with Crippen LogP contribution in [0.15, 0.2) is 24.3 Å². The summed E-state index contributed by atoms with van der Waals surface area (Å²) in [5.41, 5.74) is 0. The largest absolute Gasteiger partial charge is 0.394 e. The van der Waals surface area contributed by atoms with Gasteiger partial charge in [-0.05, 0) is 44.9 Å². The summed E-state index contributed by atoms with van der Waals surface area (Å²) in [4.78, 5) is 13.4.